The van der Waals surface area contributed by atoms with E-state index >= 15 is 0 Å². The van der Waals surface area contributed by atoms with E-state index in [9.17, 15) is 0 Å². The van der Waals surface area contributed by atoms with E-state index in [0.29, 0.717) is 6.61 Å². The standard InChI is InChI=1S/C16H18BrNO2/c1-2-9-19-15-4-3-14(11-17)16(10-15)20-12-13-5-7-18-8-6-13/h3-8,10H,2,9,11-12H2,1H3. The van der Waals surface area contributed by atoms with Crippen LogP contribution in [0.5, 0.6) is 11.5 Å². The van der Waals surface area contributed by atoms with Gasteiger partial charge in [0.2, 0.25) is 0 Å². The van der Waals surface area contributed by atoms with Crippen molar-refractivity contribution in [2.45, 2.75) is 25.3 Å². The molecule has 1 aromatic heterocycles. The number of nitrogens with zero attached hydrogens (tertiary/aromatic N) is 1. The van der Waals surface area contributed by atoms with Gasteiger partial charge in [0.15, 0.2) is 0 Å². The van der Waals surface area contributed by atoms with E-state index in [2.05, 4.69) is 27.8 Å². The van der Waals surface area contributed by atoms with Gasteiger partial charge in [-0.1, -0.05) is 28.9 Å². The molecule has 0 fully saturated rings. The minimum atomic E-state index is 0.528. The minimum absolute atomic E-state index is 0.528. The smallest absolute Gasteiger partial charge is 0.127 e. The second-order valence-electron chi connectivity index (χ2n) is 4.40. The van der Waals surface area contributed by atoms with Gasteiger partial charge >= 0.3 is 0 Å². The van der Waals surface area contributed by atoms with E-state index in [1.54, 1.807) is 12.4 Å². The number of aromatic nitrogens is 1. The largest absolute Gasteiger partial charge is 0.493 e. The third-order valence-electron chi connectivity index (χ3n) is 2.80. The van der Waals surface area contributed by atoms with Crippen LogP contribution in [0.2, 0.25) is 0 Å². The summed E-state index contributed by atoms with van der Waals surface area (Å²) in [5.74, 6) is 1.70. The number of hydrogen-bond acceptors (Lipinski definition) is 3. The molecule has 3 nitrogen and oxygen atoms in total. The van der Waals surface area contributed by atoms with Gasteiger partial charge in [-0.2, -0.15) is 0 Å². The van der Waals surface area contributed by atoms with Crippen LogP contribution < -0.4 is 9.47 Å². The Morgan fingerprint density at radius 1 is 1.10 bits per heavy atom. The molecule has 0 N–H and O–H groups in total. The number of pyridine rings is 1. The summed E-state index contributed by atoms with van der Waals surface area (Å²) < 4.78 is 11.5. The fourth-order valence-corrected chi connectivity index (χ4v) is 2.19. The first kappa shape index (κ1) is 14.9. The summed E-state index contributed by atoms with van der Waals surface area (Å²) in [4.78, 5) is 4.00. The van der Waals surface area contributed by atoms with E-state index in [0.717, 1.165) is 41.0 Å². The molecule has 1 heterocycles. The highest BCUT2D eigenvalue weighted by atomic mass is 79.9. The number of alkyl halides is 1. The van der Waals surface area contributed by atoms with Crippen molar-refractivity contribution in [1.29, 1.82) is 0 Å². The van der Waals surface area contributed by atoms with Crippen LogP contribution in [0, 0.1) is 0 Å². The molecule has 0 aliphatic rings. The lowest BCUT2D eigenvalue weighted by molar-refractivity contribution is 0.293. The summed E-state index contributed by atoms with van der Waals surface area (Å²) in [6.07, 6.45) is 4.53. The van der Waals surface area contributed by atoms with Gasteiger partial charge in [-0.15, -0.1) is 0 Å². The van der Waals surface area contributed by atoms with Crippen LogP contribution in [0.4, 0.5) is 0 Å². The normalized spacial score (nSPS) is 10.3. The number of hydrogen-bond donors (Lipinski definition) is 0. The second kappa shape index (κ2) is 7.90. The molecule has 0 aliphatic carbocycles. The number of halogens is 1. The quantitative estimate of drug-likeness (QED) is 0.705. The Hall–Kier alpha value is -1.55. The van der Waals surface area contributed by atoms with Crippen LogP contribution in [0.1, 0.15) is 24.5 Å². The van der Waals surface area contributed by atoms with Gasteiger partial charge in [0.1, 0.15) is 18.1 Å². The molecule has 0 spiro atoms. The van der Waals surface area contributed by atoms with Crippen LogP contribution in [-0.2, 0) is 11.9 Å². The fraction of sp³-hybridized carbons (Fsp3) is 0.312. The van der Waals surface area contributed by atoms with Gasteiger partial charge in [-0.25, -0.2) is 0 Å². The molecule has 106 valence electrons. The summed E-state index contributed by atoms with van der Waals surface area (Å²) in [6.45, 7) is 3.34. The molecule has 0 atom stereocenters. The first-order chi connectivity index (χ1) is 9.83. The van der Waals surface area contributed by atoms with Crippen molar-refractivity contribution in [1.82, 2.24) is 4.98 Å². The molecule has 0 saturated carbocycles. The Bertz CT molecular complexity index is 531. The molecule has 0 radical (unpaired) electrons. The molecule has 4 heteroatoms. The summed E-state index contributed by atoms with van der Waals surface area (Å²) in [5.41, 5.74) is 2.21. The Morgan fingerprint density at radius 3 is 2.60 bits per heavy atom. The van der Waals surface area contributed by atoms with Gasteiger partial charge in [0, 0.05) is 29.4 Å². The van der Waals surface area contributed by atoms with Crippen LogP contribution in [0.25, 0.3) is 0 Å². The number of ether oxygens (including phenoxy) is 2. The maximum absolute atomic E-state index is 5.90. The summed E-state index contributed by atoms with van der Waals surface area (Å²) in [6, 6.07) is 9.86. The summed E-state index contributed by atoms with van der Waals surface area (Å²) in [5, 5.41) is 0.757. The molecular weight excluding hydrogens is 318 g/mol. The first-order valence-electron chi connectivity index (χ1n) is 6.67. The third-order valence-corrected chi connectivity index (χ3v) is 3.40. The van der Waals surface area contributed by atoms with E-state index in [4.69, 9.17) is 9.47 Å². The molecule has 0 amide bonds. The molecular formula is C16H18BrNO2. The van der Waals surface area contributed by atoms with Gasteiger partial charge in [-0.05, 0) is 30.2 Å². The topological polar surface area (TPSA) is 31.4 Å². The van der Waals surface area contributed by atoms with E-state index in [1.165, 1.54) is 0 Å². The molecule has 20 heavy (non-hydrogen) atoms. The highest BCUT2D eigenvalue weighted by Gasteiger charge is 2.06. The van der Waals surface area contributed by atoms with Crippen molar-refractivity contribution < 1.29 is 9.47 Å². The first-order valence-corrected chi connectivity index (χ1v) is 7.79. The van der Waals surface area contributed by atoms with Crippen molar-refractivity contribution in [3.05, 3.63) is 53.9 Å². The zero-order valence-corrected chi connectivity index (χ0v) is 13.1. The lowest BCUT2D eigenvalue weighted by Crippen LogP contribution is -2.00. The Kier molecular flexibility index (Phi) is 5.87. The maximum Gasteiger partial charge on any atom is 0.127 e. The molecule has 0 bridgehead atoms. The van der Waals surface area contributed by atoms with Crippen LogP contribution >= 0.6 is 15.9 Å². The van der Waals surface area contributed by atoms with E-state index < -0.39 is 0 Å². The second-order valence-corrected chi connectivity index (χ2v) is 4.96. The predicted octanol–water partition coefficient (Wildman–Crippen LogP) is 4.34. The molecule has 2 aromatic rings. The lowest BCUT2D eigenvalue weighted by Gasteiger charge is -2.12. The molecule has 0 aliphatic heterocycles. The van der Waals surface area contributed by atoms with Gasteiger partial charge in [0.05, 0.1) is 6.61 Å². The monoisotopic (exact) mass is 335 g/mol. The lowest BCUT2D eigenvalue weighted by atomic mass is 10.2. The summed E-state index contributed by atoms with van der Waals surface area (Å²) in [7, 11) is 0. The minimum Gasteiger partial charge on any atom is -0.493 e. The zero-order chi connectivity index (χ0) is 14.2. The van der Waals surface area contributed by atoms with Crippen molar-refractivity contribution in [2.75, 3.05) is 6.61 Å². The van der Waals surface area contributed by atoms with E-state index in [1.807, 2.05) is 30.3 Å². The van der Waals surface area contributed by atoms with Crippen molar-refractivity contribution in [2.24, 2.45) is 0 Å². The Balaban J connectivity index is 2.07. The van der Waals surface area contributed by atoms with Crippen LogP contribution in [0.15, 0.2) is 42.7 Å². The molecule has 1 aromatic carbocycles. The van der Waals surface area contributed by atoms with E-state index in [-0.39, 0.29) is 0 Å². The fourth-order valence-electron chi connectivity index (χ4n) is 1.73. The highest BCUT2D eigenvalue weighted by Crippen LogP contribution is 2.27. The van der Waals surface area contributed by atoms with Gasteiger partial charge < -0.3 is 9.47 Å². The molecule has 2 rings (SSSR count). The van der Waals surface area contributed by atoms with Crippen LogP contribution in [-0.4, -0.2) is 11.6 Å². The average Bonchev–Trinajstić information content (AvgIpc) is 2.52. The van der Waals surface area contributed by atoms with Gasteiger partial charge in [-0.3, -0.25) is 4.98 Å². The Labute approximate surface area is 128 Å². The highest BCUT2D eigenvalue weighted by molar-refractivity contribution is 9.08. The number of rotatable bonds is 7. The molecule has 0 saturated heterocycles. The van der Waals surface area contributed by atoms with Crippen molar-refractivity contribution in [3.8, 4) is 11.5 Å². The average molecular weight is 336 g/mol. The van der Waals surface area contributed by atoms with Crippen molar-refractivity contribution in [3.63, 3.8) is 0 Å². The van der Waals surface area contributed by atoms with Crippen LogP contribution in [0.3, 0.4) is 0 Å². The summed E-state index contributed by atoms with van der Waals surface area (Å²) >= 11 is 3.48. The van der Waals surface area contributed by atoms with Crippen molar-refractivity contribution >= 4 is 15.9 Å². The molecule has 0 unspecified atom stereocenters. The Morgan fingerprint density at radius 2 is 1.90 bits per heavy atom. The SMILES string of the molecule is CCCOc1ccc(CBr)c(OCc2ccncc2)c1. The third kappa shape index (κ3) is 4.23. The van der Waals surface area contributed by atoms with Gasteiger partial charge in [0.25, 0.3) is 0 Å². The zero-order valence-electron chi connectivity index (χ0n) is 11.5. The number of benzene rings is 1. The maximum atomic E-state index is 5.90. The predicted molar refractivity (Wildman–Crippen MR) is 83.4 cm³/mol.